The summed E-state index contributed by atoms with van der Waals surface area (Å²) < 4.78 is 36.7. The third-order valence-electron chi connectivity index (χ3n) is 9.99. The van der Waals surface area contributed by atoms with E-state index in [0.717, 1.165) is 38.7 Å². The first-order valence-electron chi connectivity index (χ1n) is 17.8. The Kier molecular flexibility index (Phi) is 10.3. The smallest absolute Gasteiger partial charge is 0.261 e. The minimum absolute atomic E-state index is 0.269. The van der Waals surface area contributed by atoms with Crippen LogP contribution in [0.3, 0.4) is 0 Å². The molecule has 0 saturated heterocycles. The summed E-state index contributed by atoms with van der Waals surface area (Å²) in [7, 11) is -0.445. The molecule has 12 nitrogen and oxygen atoms in total. The van der Waals surface area contributed by atoms with Crippen molar-refractivity contribution in [2.75, 3.05) is 46.7 Å². The molecule has 13 heteroatoms. The molecule has 2 aliphatic heterocycles. The Labute approximate surface area is 317 Å². The van der Waals surface area contributed by atoms with Crippen molar-refractivity contribution in [3.63, 3.8) is 0 Å². The van der Waals surface area contributed by atoms with Crippen LogP contribution in [0.25, 0.3) is 43.1 Å². The Morgan fingerprint density at radius 1 is 0.564 bits per heavy atom. The molecule has 2 heterocycles. The molecule has 0 saturated carbocycles. The molecular formula is C42H39N3O9S. The van der Waals surface area contributed by atoms with Gasteiger partial charge in [0.25, 0.3) is 33.7 Å². The molecule has 6 aromatic rings. The Morgan fingerprint density at radius 2 is 0.982 bits per heavy atom. The van der Waals surface area contributed by atoms with Crippen LogP contribution in [0.5, 0.6) is 11.5 Å². The molecule has 8 rings (SSSR count). The second-order valence-corrected chi connectivity index (χ2v) is 15.0. The molecule has 282 valence electrons. The van der Waals surface area contributed by atoms with E-state index in [-0.39, 0.29) is 23.6 Å². The van der Waals surface area contributed by atoms with Gasteiger partial charge in [0.2, 0.25) is 0 Å². The highest BCUT2D eigenvalue weighted by molar-refractivity contribution is 7.85. The van der Waals surface area contributed by atoms with Crippen molar-refractivity contribution in [3.8, 4) is 11.5 Å². The molecule has 6 aromatic carbocycles. The van der Waals surface area contributed by atoms with E-state index in [0.29, 0.717) is 89.8 Å². The van der Waals surface area contributed by atoms with E-state index in [1.165, 1.54) is 9.80 Å². The van der Waals surface area contributed by atoms with Gasteiger partial charge in [-0.25, -0.2) is 0 Å². The number of carbonyl (C=O) groups is 4. The molecule has 0 bridgehead atoms. The maximum Gasteiger partial charge on any atom is 0.261 e. The minimum Gasteiger partial charge on any atom is -0.497 e. The summed E-state index contributed by atoms with van der Waals surface area (Å²) in [5.41, 5.74) is 2.14. The van der Waals surface area contributed by atoms with Crippen LogP contribution in [0, 0.1) is 0 Å². The lowest BCUT2D eigenvalue weighted by Crippen LogP contribution is -2.41. The maximum absolute atomic E-state index is 13.6. The summed E-state index contributed by atoms with van der Waals surface area (Å²) in [4.78, 5) is 57.0. The first kappa shape index (κ1) is 37.4. The second-order valence-electron chi connectivity index (χ2n) is 13.5. The van der Waals surface area contributed by atoms with Crippen molar-refractivity contribution >= 4 is 76.8 Å². The molecule has 0 atom stereocenters. The number of nitrogens with one attached hydrogen (secondary N) is 1. The van der Waals surface area contributed by atoms with Gasteiger partial charge in [0.05, 0.1) is 20.5 Å². The SMILES string of the molecule is COc1ccc2c(c1)cc1c3c(cccc32)C(=O)N(CCCCNCCCN2C(=O)c3cccc4c3c(cc3cc(OC)ccc34)C2=O)C1=O.CS(=O)(=O)O. The number of benzene rings is 6. The van der Waals surface area contributed by atoms with Gasteiger partial charge < -0.3 is 14.8 Å². The van der Waals surface area contributed by atoms with Crippen LogP contribution in [0.4, 0.5) is 0 Å². The minimum atomic E-state index is -3.67. The van der Waals surface area contributed by atoms with Crippen LogP contribution in [0.2, 0.25) is 0 Å². The molecular weight excluding hydrogens is 723 g/mol. The predicted molar refractivity (Wildman–Crippen MR) is 211 cm³/mol. The molecule has 2 aliphatic rings. The highest BCUT2D eigenvalue weighted by Crippen LogP contribution is 2.38. The fraction of sp³-hybridized carbons (Fsp3) is 0.238. The fourth-order valence-electron chi connectivity index (χ4n) is 7.53. The Morgan fingerprint density at radius 3 is 1.44 bits per heavy atom. The molecule has 2 N–H and O–H groups in total. The zero-order valence-corrected chi connectivity index (χ0v) is 31.4. The van der Waals surface area contributed by atoms with E-state index in [9.17, 15) is 27.6 Å². The first-order valence-corrected chi connectivity index (χ1v) is 19.7. The molecule has 0 radical (unpaired) electrons. The zero-order chi connectivity index (χ0) is 39.0. The normalized spacial score (nSPS) is 13.9. The van der Waals surface area contributed by atoms with Crippen molar-refractivity contribution in [1.82, 2.24) is 15.1 Å². The van der Waals surface area contributed by atoms with Crippen molar-refractivity contribution in [1.29, 1.82) is 0 Å². The van der Waals surface area contributed by atoms with Crippen molar-refractivity contribution < 1.29 is 41.6 Å². The van der Waals surface area contributed by atoms with Gasteiger partial charge in [0, 0.05) is 46.1 Å². The average molecular weight is 762 g/mol. The van der Waals surface area contributed by atoms with E-state index in [1.54, 1.807) is 26.4 Å². The number of unbranched alkanes of at least 4 members (excludes halogenated alkanes) is 1. The standard InChI is InChI=1S/C41H35N3O6.CH4O3S/c1-49-26-12-14-28-24(20-26)22-34-36-30(28)8-5-10-32(36)38(45)43(40(34)47)18-4-3-16-42-17-7-19-44-39(46)33-11-6-9-31-29-15-13-27(50-2)21-25(29)23-35(37(31)33)41(44)48;1-5(2,3)4/h5-6,8-15,20-23,42H,3-4,7,16-19H2,1-2H3;1H3,(H,2,3,4). The van der Waals surface area contributed by atoms with Gasteiger partial charge in [-0.05, 0) is 113 Å². The van der Waals surface area contributed by atoms with E-state index in [2.05, 4.69) is 5.32 Å². The van der Waals surface area contributed by atoms with Crippen LogP contribution in [0.15, 0.2) is 84.9 Å². The van der Waals surface area contributed by atoms with Crippen LogP contribution in [-0.4, -0.2) is 93.1 Å². The summed E-state index contributed by atoms with van der Waals surface area (Å²) in [6.07, 6.45) is 2.69. The van der Waals surface area contributed by atoms with E-state index >= 15 is 0 Å². The summed E-state index contributed by atoms with van der Waals surface area (Å²) in [6.45, 7) is 1.88. The molecule has 0 unspecified atom stereocenters. The third kappa shape index (κ3) is 7.21. The topological polar surface area (TPSA) is 160 Å². The number of hydrogen-bond donors (Lipinski definition) is 2. The lowest BCUT2D eigenvalue weighted by atomic mass is 9.90. The quantitative estimate of drug-likeness (QED) is 0.0648. The molecule has 0 aliphatic carbocycles. The fourth-order valence-corrected chi connectivity index (χ4v) is 7.53. The number of ether oxygens (including phenoxy) is 2. The van der Waals surface area contributed by atoms with Gasteiger partial charge in [-0.15, -0.1) is 0 Å². The van der Waals surface area contributed by atoms with Gasteiger partial charge in [-0.1, -0.05) is 36.4 Å². The first-order chi connectivity index (χ1) is 26.4. The van der Waals surface area contributed by atoms with Gasteiger partial charge in [0.15, 0.2) is 0 Å². The Hall–Kier alpha value is -5.89. The largest absolute Gasteiger partial charge is 0.497 e. The van der Waals surface area contributed by atoms with Crippen molar-refractivity contribution in [3.05, 3.63) is 107 Å². The molecule has 0 aromatic heterocycles. The number of fused-ring (bicyclic) bond motifs is 4. The number of imide groups is 2. The van der Waals surface area contributed by atoms with Crippen LogP contribution < -0.4 is 14.8 Å². The number of rotatable bonds is 11. The lowest BCUT2D eigenvalue weighted by molar-refractivity contribution is 0.0591. The molecule has 0 fully saturated rings. The van der Waals surface area contributed by atoms with E-state index in [1.807, 2.05) is 72.8 Å². The van der Waals surface area contributed by atoms with Gasteiger partial charge in [-0.3, -0.25) is 33.5 Å². The second kappa shape index (κ2) is 15.1. The van der Waals surface area contributed by atoms with Gasteiger partial charge in [-0.2, -0.15) is 8.42 Å². The van der Waals surface area contributed by atoms with Crippen molar-refractivity contribution in [2.45, 2.75) is 19.3 Å². The maximum atomic E-state index is 13.6. The Bertz CT molecular complexity index is 2500. The van der Waals surface area contributed by atoms with Crippen LogP contribution in [0.1, 0.15) is 60.7 Å². The molecule has 4 amide bonds. The third-order valence-corrected chi connectivity index (χ3v) is 9.99. The highest BCUT2D eigenvalue weighted by Gasteiger charge is 2.34. The molecule has 0 spiro atoms. The zero-order valence-electron chi connectivity index (χ0n) is 30.5. The van der Waals surface area contributed by atoms with Crippen LogP contribution >= 0.6 is 0 Å². The summed E-state index contributed by atoms with van der Waals surface area (Å²) in [6, 6.07) is 26.5. The number of methoxy groups -OCH3 is 2. The lowest BCUT2D eigenvalue weighted by Gasteiger charge is -2.28. The Balaban J connectivity index is 0.000000875. The summed E-state index contributed by atoms with van der Waals surface area (Å²) >= 11 is 0. The highest BCUT2D eigenvalue weighted by atomic mass is 32.2. The molecule has 55 heavy (non-hydrogen) atoms. The van der Waals surface area contributed by atoms with Gasteiger partial charge >= 0.3 is 0 Å². The number of carbonyl (C=O) groups excluding carboxylic acids is 4. The number of amides is 4. The van der Waals surface area contributed by atoms with Crippen LogP contribution in [-0.2, 0) is 10.1 Å². The van der Waals surface area contributed by atoms with E-state index in [4.69, 9.17) is 14.0 Å². The summed E-state index contributed by atoms with van der Waals surface area (Å²) in [5.74, 6) is 0.293. The van der Waals surface area contributed by atoms with E-state index < -0.39 is 10.1 Å². The van der Waals surface area contributed by atoms with Crippen molar-refractivity contribution in [2.24, 2.45) is 0 Å². The average Bonchev–Trinajstić information content (AvgIpc) is 3.17. The van der Waals surface area contributed by atoms with Gasteiger partial charge in [0.1, 0.15) is 11.5 Å². The number of nitrogens with zero attached hydrogens (tertiary/aromatic N) is 2. The summed E-state index contributed by atoms with van der Waals surface area (Å²) in [5, 5.41) is 10.3. The monoisotopic (exact) mass is 761 g/mol. The predicted octanol–water partition coefficient (Wildman–Crippen LogP) is 6.47. The number of hydrogen-bond acceptors (Lipinski definition) is 9.